The van der Waals surface area contributed by atoms with E-state index in [1.165, 1.54) is 5.56 Å². The lowest BCUT2D eigenvalue weighted by Gasteiger charge is -2.26. The van der Waals surface area contributed by atoms with E-state index >= 15 is 0 Å². The van der Waals surface area contributed by atoms with Crippen molar-refractivity contribution in [2.24, 2.45) is 0 Å². The van der Waals surface area contributed by atoms with Crippen LogP contribution in [0.1, 0.15) is 31.2 Å². The highest BCUT2D eigenvalue weighted by atomic mass is 16.3. The smallest absolute Gasteiger partial charge is 0.0972 e. The van der Waals surface area contributed by atoms with Gasteiger partial charge in [-0.05, 0) is 37.8 Å². The van der Waals surface area contributed by atoms with Crippen molar-refractivity contribution in [2.75, 3.05) is 0 Å². The molecule has 3 aromatic rings. The molecule has 1 fully saturated rings. The summed E-state index contributed by atoms with van der Waals surface area (Å²) in [6.45, 7) is 0.790. The highest BCUT2D eigenvalue weighted by molar-refractivity contribution is 5.63. The standard InChI is InChI=1S/C22H25N3O/c26-21-13-11-19(12-14-21)23-15-18-16-25(20-9-5-2-6-10-20)24-22(18)17-7-3-1-4-8-17/h1-10,16,19,21,23,26H,11-15H2. The van der Waals surface area contributed by atoms with Gasteiger partial charge in [0.05, 0.1) is 17.5 Å². The number of benzene rings is 2. The molecule has 0 spiro atoms. The van der Waals surface area contributed by atoms with Crippen LogP contribution in [-0.2, 0) is 6.54 Å². The first-order valence-corrected chi connectivity index (χ1v) is 9.40. The predicted octanol–water partition coefficient (Wildman–Crippen LogP) is 3.93. The van der Waals surface area contributed by atoms with E-state index in [0.717, 1.165) is 49.2 Å². The van der Waals surface area contributed by atoms with Crippen molar-refractivity contribution in [1.29, 1.82) is 0 Å². The Morgan fingerprint density at radius 1 is 0.923 bits per heavy atom. The molecule has 0 radical (unpaired) electrons. The van der Waals surface area contributed by atoms with Crippen LogP contribution in [0.15, 0.2) is 66.9 Å². The molecule has 26 heavy (non-hydrogen) atoms. The quantitative estimate of drug-likeness (QED) is 0.735. The van der Waals surface area contributed by atoms with Crippen LogP contribution in [-0.4, -0.2) is 27.0 Å². The highest BCUT2D eigenvalue weighted by Crippen LogP contribution is 2.25. The van der Waals surface area contributed by atoms with Gasteiger partial charge in [-0.15, -0.1) is 0 Å². The number of rotatable bonds is 5. The molecule has 4 nitrogen and oxygen atoms in total. The summed E-state index contributed by atoms with van der Waals surface area (Å²) in [6.07, 6.45) is 5.87. The number of nitrogens with one attached hydrogen (secondary N) is 1. The number of para-hydroxylation sites is 1. The third kappa shape index (κ3) is 3.87. The fraction of sp³-hybridized carbons (Fsp3) is 0.318. The molecule has 0 unspecified atom stereocenters. The van der Waals surface area contributed by atoms with Crippen molar-refractivity contribution >= 4 is 0 Å². The molecule has 2 N–H and O–H groups in total. The van der Waals surface area contributed by atoms with Crippen LogP contribution in [0.25, 0.3) is 16.9 Å². The molecule has 0 atom stereocenters. The third-order valence-corrected chi connectivity index (χ3v) is 5.14. The zero-order chi connectivity index (χ0) is 17.8. The fourth-order valence-corrected chi connectivity index (χ4v) is 3.63. The number of hydrogen-bond acceptors (Lipinski definition) is 3. The van der Waals surface area contributed by atoms with Gasteiger partial charge in [-0.25, -0.2) is 4.68 Å². The van der Waals surface area contributed by atoms with Crippen molar-refractivity contribution in [3.63, 3.8) is 0 Å². The monoisotopic (exact) mass is 347 g/mol. The van der Waals surface area contributed by atoms with Crippen molar-refractivity contribution < 1.29 is 5.11 Å². The van der Waals surface area contributed by atoms with E-state index in [2.05, 4.69) is 47.9 Å². The summed E-state index contributed by atoms with van der Waals surface area (Å²) in [7, 11) is 0. The van der Waals surface area contributed by atoms with Gasteiger partial charge in [0.1, 0.15) is 0 Å². The van der Waals surface area contributed by atoms with Crippen LogP contribution in [0.2, 0.25) is 0 Å². The summed E-state index contributed by atoms with van der Waals surface area (Å²) in [5.74, 6) is 0. The predicted molar refractivity (Wildman–Crippen MR) is 104 cm³/mol. The van der Waals surface area contributed by atoms with Crippen molar-refractivity contribution in [3.8, 4) is 16.9 Å². The second-order valence-corrected chi connectivity index (χ2v) is 7.04. The van der Waals surface area contributed by atoms with Crippen molar-refractivity contribution in [1.82, 2.24) is 15.1 Å². The summed E-state index contributed by atoms with van der Waals surface area (Å²) in [4.78, 5) is 0. The Balaban J connectivity index is 1.58. The lowest BCUT2D eigenvalue weighted by Crippen LogP contribution is -2.34. The van der Waals surface area contributed by atoms with E-state index in [1.54, 1.807) is 0 Å². The lowest BCUT2D eigenvalue weighted by molar-refractivity contribution is 0.116. The van der Waals surface area contributed by atoms with Gasteiger partial charge in [0.15, 0.2) is 0 Å². The average Bonchev–Trinajstić information content (AvgIpc) is 3.13. The Hall–Kier alpha value is -2.43. The second-order valence-electron chi connectivity index (χ2n) is 7.04. The number of nitrogens with zero attached hydrogens (tertiary/aromatic N) is 2. The van der Waals surface area contributed by atoms with Gasteiger partial charge in [-0.2, -0.15) is 5.10 Å². The molecule has 0 bridgehead atoms. The zero-order valence-electron chi connectivity index (χ0n) is 14.9. The maximum absolute atomic E-state index is 9.69. The zero-order valence-corrected chi connectivity index (χ0v) is 14.9. The Kier molecular flexibility index (Phi) is 5.14. The number of aliphatic hydroxyl groups excluding tert-OH is 1. The van der Waals surface area contributed by atoms with Crippen LogP contribution in [0.4, 0.5) is 0 Å². The molecule has 1 saturated carbocycles. The molecular weight excluding hydrogens is 322 g/mol. The van der Waals surface area contributed by atoms with Crippen LogP contribution >= 0.6 is 0 Å². The molecule has 0 amide bonds. The van der Waals surface area contributed by atoms with Crippen LogP contribution in [0, 0.1) is 0 Å². The second kappa shape index (κ2) is 7.85. The van der Waals surface area contributed by atoms with Crippen LogP contribution < -0.4 is 5.32 Å². The summed E-state index contributed by atoms with van der Waals surface area (Å²) in [6, 6.07) is 21.1. The number of aliphatic hydroxyl groups is 1. The number of hydrogen-bond donors (Lipinski definition) is 2. The van der Waals surface area contributed by atoms with E-state index in [1.807, 2.05) is 28.9 Å². The Morgan fingerprint density at radius 3 is 2.27 bits per heavy atom. The minimum atomic E-state index is -0.117. The van der Waals surface area contributed by atoms with Gasteiger partial charge >= 0.3 is 0 Å². The lowest BCUT2D eigenvalue weighted by atomic mass is 9.93. The summed E-state index contributed by atoms with van der Waals surface area (Å²) >= 11 is 0. The topological polar surface area (TPSA) is 50.1 Å². The molecule has 2 aromatic carbocycles. The SMILES string of the molecule is OC1CCC(NCc2cn(-c3ccccc3)nc2-c2ccccc2)CC1. The van der Waals surface area contributed by atoms with E-state index in [0.29, 0.717) is 6.04 Å². The molecular formula is C22H25N3O. The minimum Gasteiger partial charge on any atom is -0.393 e. The average molecular weight is 347 g/mol. The normalized spacial score (nSPS) is 20.2. The molecule has 1 heterocycles. The van der Waals surface area contributed by atoms with Gasteiger partial charge in [0.25, 0.3) is 0 Å². The van der Waals surface area contributed by atoms with Crippen LogP contribution in [0.5, 0.6) is 0 Å². The first-order valence-electron chi connectivity index (χ1n) is 9.40. The first-order chi connectivity index (χ1) is 12.8. The van der Waals surface area contributed by atoms with E-state index in [-0.39, 0.29) is 6.10 Å². The van der Waals surface area contributed by atoms with Gasteiger partial charge in [-0.3, -0.25) is 0 Å². The van der Waals surface area contributed by atoms with Gasteiger partial charge < -0.3 is 10.4 Å². The molecule has 1 aliphatic rings. The van der Waals surface area contributed by atoms with Crippen molar-refractivity contribution in [3.05, 3.63) is 72.4 Å². The summed E-state index contributed by atoms with van der Waals surface area (Å²) in [5, 5.41) is 18.2. The largest absolute Gasteiger partial charge is 0.393 e. The third-order valence-electron chi connectivity index (χ3n) is 5.14. The van der Waals surface area contributed by atoms with E-state index in [9.17, 15) is 5.11 Å². The molecule has 0 aliphatic heterocycles. The van der Waals surface area contributed by atoms with Gasteiger partial charge in [0.2, 0.25) is 0 Å². The molecule has 4 heteroatoms. The van der Waals surface area contributed by atoms with E-state index < -0.39 is 0 Å². The summed E-state index contributed by atoms with van der Waals surface area (Å²) in [5.41, 5.74) is 4.43. The van der Waals surface area contributed by atoms with E-state index in [4.69, 9.17) is 5.10 Å². The Bertz CT molecular complexity index is 821. The molecule has 1 aliphatic carbocycles. The molecule has 0 saturated heterocycles. The Morgan fingerprint density at radius 2 is 1.58 bits per heavy atom. The number of aromatic nitrogens is 2. The maximum Gasteiger partial charge on any atom is 0.0972 e. The maximum atomic E-state index is 9.69. The highest BCUT2D eigenvalue weighted by Gasteiger charge is 2.20. The Labute approximate surface area is 154 Å². The molecule has 4 rings (SSSR count). The minimum absolute atomic E-state index is 0.117. The summed E-state index contributed by atoms with van der Waals surface area (Å²) < 4.78 is 1.96. The molecule has 134 valence electrons. The molecule has 1 aromatic heterocycles. The fourth-order valence-electron chi connectivity index (χ4n) is 3.63. The van der Waals surface area contributed by atoms with Gasteiger partial charge in [0, 0.05) is 29.9 Å². The van der Waals surface area contributed by atoms with Crippen LogP contribution in [0.3, 0.4) is 0 Å². The first kappa shape index (κ1) is 17.0. The van der Waals surface area contributed by atoms with Crippen molar-refractivity contribution in [2.45, 2.75) is 44.4 Å². The van der Waals surface area contributed by atoms with Gasteiger partial charge in [-0.1, -0.05) is 48.5 Å².